The van der Waals surface area contributed by atoms with Gasteiger partial charge in [0.25, 0.3) is 0 Å². The zero-order valence-electron chi connectivity index (χ0n) is 23.2. The van der Waals surface area contributed by atoms with Crippen molar-refractivity contribution in [3.05, 3.63) is 36.5 Å². The van der Waals surface area contributed by atoms with Crippen LogP contribution in [0.1, 0.15) is 40.0 Å². The summed E-state index contributed by atoms with van der Waals surface area (Å²) in [4.78, 5) is 34.2. The lowest BCUT2D eigenvalue weighted by Crippen LogP contribution is -2.31. The van der Waals surface area contributed by atoms with Gasteiger partial charge in [-0.2, -0.15) is 0 Å². The summed E-state index contributed by atoms with van der Waals surface area (Å²) in [6, 6.07) is 0. The standard InChI is InChI=1S/C27H44O12/c1-18(2)25(31)37-14-21(28)11-34-10-8-7-9-24(36-13-23(30)16-39-27(33)20(5)6)17-35-12-22(29)15-38-26(32)19(3)4/h21-24,28-30H,1,3,5,7-17H2,2,4,6H3. The third kappa shape index (κ3) is 20.0. The smallest absolute Gasteiger partial charge is 0.333 e. The Morgan fingerprint density at radius 3 is 1.44 bits per heavy atom. The summed E-state index contributed by atoms with van der Waals surface area (Å²) in [5, 5.41) is 29.8. The molecule has 0 aromatic rings. The molecule has 0 bridgehead atoms. The molecule has 0 spiro atoms. The van der Waals surface area contributed by atoms with Crippen LogP contribution in [0.4, 0.5) is 0 Å². The Labute approximate surface area is 230 Å². The van der Waals surface area contributed by atoms with E-state index in [1.165, 1.54) is 20.8 Å². The fraction of sp³-hybridized carbons (Fsp3) is 0.667. The Balaban J connectivity index is 4.47. The van der Waals surface area contributed by atoms with Crippen molar-refractivity contribution in [2.45, 2.75) is 64.4 Å². The van der Waals surface area contributed by atoms with Crippen molar-refractivity contribution < 1.29 is 58.1 Å². The molecule has 0 aliphatic carbocycles. The van der Waals surface area contributed by atoms with E-state index in [1.54, 1.807) is 0 Å². The summed E-state index contributed by atoms with van der Waals surface area (Å²) in [7, 11) is 0. The van der Waals surface area contributed by atoms with Gasteiger partial charge in [0.15, 0.2) is 0 Å². The minimum absolute atomic E-state index is 0.00452. The van der Waals surface area contributed by atoms with Crippen LogP contribution in [0.5, 0.6) is 0 Å². The molecule has 0 aliphatic rings. The van der Waals surface area contributed by atoms with E-state index in [-0.39, 0.29) is 63.0 Å². The third-order valence-electron chi connectivity index (χ3n) is 4.78. The maximum absolute atomic E-state index is 11.5. The van der Waals surface area contributed by atoms with E-state index in [2.05, 4.69) is 19.7 Å². The molecule has 0 aromatic carbocycles. The summed E-state index contributed by atoms with van der Waals surface area (Å²) >= 11 is 0. The third-order valence-corrected chi connectivity index (χ3v) is 4.78. The molecule has 0 aliphatic heterocycles. The maximum Gasteiger partial charge on any atom is 0.333 e. The molecule has 12 heteroatoms. The molecule has 0 saturated heterocycles. The van der Waals surface area contributed by atoms with Crippen molar-refractivity contribution in [3.8, 4) is 0 Å². The van der Waals surface area contributed by atoms with E-state index in [4.69, 9.17) is 28.4 Å². The summed E-state index contributed by atoms with van der Waals surface area (Å²) in [6.45, 7) is 14.4. The van der Waals surface area contributed by atoms with Crippen LogP contribution in [-0.2, 0) is 42.8 Å². The van der Waals surface area contributed by atoms with E-state index in [9.17, 15) is 29.7 Å². The lowest BCUT2D eigenvalue weighted by molar-refractivity contribution is -0.146. The van der Waals surface area contributed by atoms with Crippen LogP contribution < -0.4 is 0 Å². The Morgan fingerprint density at radius 2 is 1.00 bits per heavy atom. The summed E-state index contributed by atoms with van der Waals surface area (Å²) < 4.78 is 31.3. The first kappa shape index (κ1) is 36.4. The Morgan fingerprint density at radius 1 is 0.590 bits per heavy atom. The number of ether oxygens (including phenoxy) is 6. The van der Waals surface area contributed by atoms with Crippen molar-refractivity contribution in [1.82, 2.24) is 0 Å². The van der Waals surface area contributed by atoms with Gasteiger partial charge in [-0.05, 0) is 40.0 Å². The lowest BCUT2D eigenvalue weighted by Gasteiger charge is -2.21. The minimum Gasteiger partial charge on any atom is -0.460 e. The van der Waals surface area contributed by atoms with Crippen LogP contribution in [0.3, 0.4) is 0 Å². The summed E-state index contributed by atoms with van der Waals surface area (Å²) in [6.07, 6.45) is -1.75. The molecule has 0 amide bonds. The van der Waals surface area contributed by atoms with Gasteiger partial charge in [0.05, 0.1) is 32.5 Å². The second-order valence-electron chi connectivity index (χ2n) is 9.16. The highest BCUT2D eigenvalue weighted by Gasteiger charge is 2.17. The highest BCUT2D eigenvalue weighted by atomic mass is 16.6. The van der Waals surface area contributed by atoms with Crippen molar-refractivity contribution in [3.63, 3.8) is 0 Å². The molecule has 0 rings (SSSR count). The molecule has 0 fully saturated rings. The molecule has 3 N–H and O–H groups in total. The molecule has 0 heterocycles. The predicted molar refractivity (Wildman–Crippen MR) is 141 cm³/mol. The highest BCUT2D eigenvalue weighted by Crippen LogP contribution is 2.09. The average molecular weight is 561 g/mol. The number of hydrogen-bond acceptors (Lipinski definition) is 12. The van der Waals surface area contributed by atoms with Gasteiger partial charge in [-0.1, -0.05) is 19.7 Å². The zero-order valence-corrected chi connectivity index (χ0v) is 23.2. The van der Waals surface area contributed by atoms with Gasteiger partial charge in [0.1, 0.15) is 38.1 Å². The lowest BCUT2D eigenvalue weighted by atomic mass is 10.1. The summed E-state index contributed by atoms with van der Waals surface area (Å²) in [5.74, 6) is -1.81. The largest absolute Gasteiger partial charge is 0.460 e. The van der Waals surface area contributed by atoms with Crippen molar-refractivity contribution in [1.29, 1.82) is 0 Å². The van der Waals surface area contributed by atoms with E-state index in [1.807, 2.05) is 0 Å². The monoisotopic (exact) mass is 560 g/mol. The van der Waals surface area contributed by atoms with E-state index in [0.717, 1.165) is 0 Å². The molecule has 0 radical (unpaired) electrons. The number of unbranched alkanes of at least 4 members (excludes halogenated alkanes) is 1. The average Bonchev–Trinajstić information content (AvgIpc) is 2.88. The molecule has 224 valence electrons. The van der Waals surface area contributed by atoms with Gasteiger partial charge in [-0.3, -0.25) is 0 Å². The van der Waals surface area contributed by atoms with Crippen molar-refractivity contribution >= 4 is 17.9 Å². The van der Waals surface area contributed by atoms with Gasteiger partial charge in [-0.25, -0.2) is 14.4 Å². The maximum atomic E-state index is 11.5. The number of esters is 3. The fourth-order valence-corrected chi connectivity index (χ4v) is 2.62. The Kier molecular flexibility index (Phi) is 19.8. The van der Waals surface area contributed by atoms with E-state index in [0.29, 0.717) is 25.9 Å². The van der Waals surface area contributed by atoms with E-state index < -0.39 is 42.3 Å². The normalized spacial score (nSPS) is 14.0. The molecule has 4 atom stereocenters. The van der Waals surface area contributed by atoms with E-state index >= 15 is 0 Å². The first-order valence-electron chi connectivity index (χ1n) is 12.6. The van der Waals surface area contributed by atoms with Gasteiger partial charge in [0, 0.05) is 23.3 Å². The van der Waals surface area contributed by atoms with Crippen molar-refractivity contribution in [2.24, 2.45) is 0 Å². The second-order valence-corrected chi connectivity index (χ2v) is 9.16. The number of carbonyl (C=O) groups is 3. The highest BCUT2D eigenvalue weighted by molar-refractivity contribution is 5.87. The van der Waals surface area contributed by atoms with Crippen LogP contribution >= 0.6 is 0 Å². The molecule has 12 nitrogen and oxygen atoms in total. The van der Waals surface area contributed by atoms with Gasteiger partial charge >= 0.3 is 17.9 Å². The molecular formula is C27H44O12. The van der Waals surface area contributed by atoms with Gasteiger partial charge < -0.3 is 43.7 Å². The molecular weight excluding hydrogens is 516 g/mol. The SMILES string of the molecule is C=C(C)C(=O)OCC(O)COCCCCC(COCC(O)COC(=O)C(=C)C)OCC(O)COC(=O)C(=C)C. The van der Waals surface area contributed by atoms with Crippen LogP contribution in [0, 0.1) is 0 Å². The molecule has 39 heavy (non-hydrogen) atoms. The number of hydrogen-bond donors (Lipinski definition) is 3. The quantitative estimate of drug-likeness (QED) is 0.0703. The van der Waals surface area contributed by atoms with Crippen LogP contribution in [0.2, 0.25) is 0 Å². The second kappa shape index (κ2) is 21.2. The number of carbonyl (C=O) groups excluding carboxylic acids is 3. The Hall–Kier alpha value is -2.61. The predicted octanol–water partition coefficient (Wildman–Crippen LogP) is 1.02. The fourth-order valence-electron chi connectivity index (χ4n) is 2.62. The summed E-state index contributed by atoms with van der Waals surface area (Å²) in [5.41, 5.74) is 0.670. The van der Waals surface area contributed by atoms with Gasteiger partial charge in [-0.15, -0.1) is 0 Å². The van der Waals surface area contributed by atoms with Gasteiger partial charge in [0.2, 0.25) is 0 Å². The first-order valence-corrected chi connectivity index (χ1v) is 12.6. The van der Waals surface area contributed by atoms with Crippen LogP contribution in [0.25, 0.3) is 0 Å². The van der Waals surface area contributed by atoms with Crippen molar-refractivity contribution in [2.75, 3.05) is 52.9 Å². The number of aliphatic hydroxyl groups is 3. The Bertz CT molecular complexity index is 794. The molecule has 0 aromatic heterocycles. The number of rotatable bonds is 23. The first-order chi connectivity index (χ1) is 18.3. The van der Waals surface area contributed by atoms with Crippen LogP contribution in [0.15, 0.2) is 36.5 Å². The molecule has 4 unspecified atom stereocenters. The minimum atomic E-state index is -1.06. The molecule has 0 saturated carbocycles. The zero-order chi connectivity index (χ0) is 29.8. The topological polar surface area (TPSA) is 167 Å². The van der Waals surface area contributed by atoms with Crippen LogP contribution in [-0.4, -0.2) is 110 Å². The number of aliphatic hydroxyl groups excluding tert-OH is 3.